The second kappa shape index (κ2) is 8.76. The van der Waals surface area contributed by atoms with Crippen molar-refractivity contribution in [2.75, 3.05) is 18.9 Å². The Hall–Kier alpha value is -3.05. The lowest BCUT2D eigenvalue weighted by Gasteiger charge is -2.24. The number of nitrogens with zero attached hydrogens (tertiary/aromatic N) is 2. The Labute approximate surface area is 165 Å². The number of nitrogens with one attached hydrogen (secondary N) is 1. The van der Waals surface area contributed by atoms with Gasteiger partial charge in [0.15, 0.2) is 0 Å². The van der Waals surface area contributed by atoms with Crippen LogP contribution < -0.4 is 9.46 Å². The molecule has 2 aromatic carbocycles. The number of nitriles is 1. The van der Waals surface area contributed by atoms with E-state index < -0.39 is 10.0 Å². The largest absolute Gasteiger partial charge is 0.497 e. The number of rotatable bonds is 7. The minimum atomic E-state index is -3.88. The standard InChI is InChI=1S/C20H23N3O4S/c1-14-5-10-18(13-19(14)20(24)23(3)15(2)11-12-21)28(25,26)22-16-6-8-17(27-4)9-7-16/h5-10,13,15,22H,11H2,1-4H3. The van der Waals surface area contributed by atoms with E-state index in [9.17, 15) is 13.2 Å². The molecule has 1 amide bonds. The molecule has 8 heteroatoms. The van der Waals surface area contributed by atoms with Gasteiger partial charge >= 0.3 is 0 Å². The van der Waals surface area contributed by atoms with Crippen LogP contribution in [0.15, 0.2) is 47.4 Å². The van der Waals surface area contributed by atoms with Gasteiger partial charge in [-0.05, 0) is 55.8 Å². The molecule has 0 aromatic heterocycles. The van der Waals surface area contributed by atoms with Crippen molar-refractivity contribution < 1.29 is 17.9 Å². The van der Waals surface area contributed by atoms with Crippen molar-refractivity contribution in [3.8, 4) is 11.8 Å². The summed E-state index contributed by atoms with van der Waals surface area (Å²) in [7, 11) is -0.752. The Bertz CT molecular complexity index is 995. The molecule has 1 N–H and O–H groups in total. The molecule has 0 spiro atoms. The fourth-order valence-corrected chi connectivity index (χ4v) is 3.62. The molecule has 28 heavy (non-hydrogen) atoms. The molecule has 7 nitrogen and oxygen atoms in total. The third-order valence-electron chi connectivity index (χ3n) is 4.46. The zero-order valence-corrected chi connectivity index (χ0v) is 17.1. The lowest BCUT2D eigenvalue weighted by atomic mass is 10.1. The fraction of sp³-hybridized carbons (Fsp3) is 0.300. The van der Waals surface area contributed by atoms with Gasteiger partial charge in [-0.15, -0.1) is 0 Å². The van der Waals surface area contributed by atoms with Gasteiger partial charge in [0.25, 0.3) is 15.9 Å². The Kier molecular flexibility index (Phi) is 6.65. The molecule has 2 rings (SSSR count). The van der Waals surface area contributed by atoms with E-state index in [0.717, 1.165) is 0 Å². The molecule has 0 aliphatic heterocycles. The molecule has 0 radical (unpaired) electrons. The van der Waals surface area contributed by atoms with Crippen molar-refractivity contribution in [3.05, 3.63) is 53.6 Å². The van der Waals surface area contributed by atoms with E-state index in [0.29, 0.717) is 17.0 Å². The lowest BCUT2D eigenvalue weighted by Crippen LogP contribution is -2.35. The summed E-state index contributed by atoms with van der Waals surface area (Å²) in [5.74, 6) is 0.280. The monoisotopic (exact) mass is 401 g/mol. The zero-order valence-electron chi connectivity index (χ0n) is 16.3. The highest BCUT2D eigenvalue weighted by atomic mass is 32.2. The second-order valence-electron chi connectivity index (χ2n) is 6.44. The van der Waals surface area contributed by atoms with Gasteiger partial charge in [0.1, 0.15) is 5.75 Å². The number of methoxy groups -OCH3 is 1. The summed E-state index contributed by atoms with van der Waals surface area (Å²) in [6.45, 7) is 3.51. The minimum absolute atomic E-state index is 0.0152. The van der Waals surface area contributed by atoms with Crippen molar-refractivity contribution in [2.24, 2.45) is 0 Å². The maximum Gasteiger partial charge on any atom is 0.261 e. The number of hydrogen-bond donors (Lipinski definition) is 1. The van der Waals surface area contributed by atoms with Crippen LogP contribution in [0.5, 0.6) is 5.75 Å². The number of amides is 1. The smallest absolute Gasteiger partial charge is 0.261 e. The van der Waals surface area contributed by atoms with E-state index in [4.69, 9.17) is 10.00 Å². The van der Waals surface area contributed by atoms with E-state index in [1.165, 1.54) is 24.1 Å². The normalized spacial score (nSPS) is 12.0. The summed E-state index contributed by atoms with van der Waals surface area (Å²) in [5, 5.41) is 8.83. The highest BCUT2D eigenvalue weighted by Crippen LogP contribution is 2.22. The Morgan fingerprint density at radius 2 is 1.89 bits per heavy atom. The first-order chi connectivity index (χ1) is 13.2. The molecule has 1 unspecified atom stereocenters. The number of benzene rings is 2. The van der Waals surface area contributed by atoms with Crippen LogP contribution in [0.25, 0.3) is 0 Å². The maximum atomic E-state index is 12.8. The van der Waals surface area contributed by atoms with Crippen LogP contribution in [-0.4, -0.2) is 39.4 Å². The summed E-state index contributed by atoms with van der Waals surface area (Å²) in [4.78, 5) is 14.2. The molecule has 0 heterocycles. The van der Waals surface area contributed by atoms with Gasteiger partial charge in [-0.3, -0.25) is 9.52 Å². The van der Waals surface area contributed by atoms with Crippen LogP contribution in [0.4, 0.5) is 5.69 Å². The summed E-state index contributed by atoms with van der Waals surface area (Å²) in [6.07, 6.45) is 0.193. The lowest BCUT2D eigenvalue weighted by molar-refractivity contribution is 0.0745. The number of sulfonamides is 1. The van der Waals surface area contributed by atoms with Crippen LogP contribution in [0.3, 0.4) is 0 Å². The van der Waals surface area contributed by atoms with Gasteiger partial charge in [0.2, 0.25) is 0 Å². The quantitative estimate of drug-likeness (QED) is 0.768. The summed E-state index contributed by atoms with van der Waals surface area (Å²) >= 11 is 0. The molecular weight excluding hydrogens is 378 g/mol. The topological polar surface area (TPSA) is 99.5 Å². The third-order valence-corrected chi connectivity index (χ3v) is 5.84. The van der Waals surface area contributed by atoms with Crippen LogP contribution in [0.2, 0.25) is 0 Å². The molecular formula is C20H23N3O4S. The van der Waals surface area contributed by atoms with E-state index >= 15 is 0 Å². The molecule has 1 atom stereocenters. The first kappa shape index (κ1) is 21.3. The van der Waals surface area contributed by atoms with Crippen LogP contribution >= 0.6 is 0 Å². The van der Waals surface area contributed by atoms with Gasteiger partial charge < -0.3 is 9.64 Å². The molecule has 0 saturated heterocycles. The van der Waals surface area contributed by atoms with Crippen molar-refractivity contribution in [1.29, 1.82) is 5.26 Å². The number of aryl methyl sites for hydroxylation is 1. The maximum absolute atomic E-state index is 12.8. The number of carbonyl (C=O) groups excluding carboxylic acids is 1. The molecule has 0 aliphatic carbocycles. The van der Waals surface area contributed by atoms with Crippen molar-refractivity contribution in [2.45, 2.75) is 31.2 Å². The summed E-state index contributed by atoms with van der Waals surface area (Å²) in [5.41, 5.74) is 1.32. The Morgan fingerprint density at radius 3 is 2.46 bits per heavy atom. The van der Waals surface area contributed by atoms with Gasteiger partial charge in [0, 0.05) is 24.3 Å². The Morgan fingerprint density at radius 1 is 1.25 bits per heavy atom. The van der Waals surface area contributed by atoms with E-state index in [-0.39, 0.29) is 28.8 Å². The Balaban J connectivity index is 2.32. The second-order valence-corrected chi connectivity index (χ2v) is 8.12. The van der Waals surface area contributed by atoms with Crippen LogP contribution in [-0.2, 0) is 10.0 Å². The summed E-state index contributed by atoms with van der Waals surface area (Å²) in [6, 6.07) is 12.6. The highest BCUT2D eigenvalue weighted by molar-refractivity contribution is 7.92. The number of carbonyl (C=O) groups is 1. The predicted octanol–water partition coefficient (Wildman–Crippen LogP) is 3.18. The average molecular weight is 401 g/mol. The number of hydrogen-bond acceptors (Lipinski definition) is 5. The average Bonchev–Trinajstić information content (AvgIpc) is 2.67. The van der Waals surface area contributed by atoms with E-state index in [1.54, 1.807) is 51.2 Å². The van der Waals surface area contributed by atoms with Crippen molar-refractivity contribution in [3.63, 3.8) is 0 Å². The molecule has 2 aromatic rings. The SMILES string of the molecule is COc1ccc(NS(=O)(=O)c2ccc(C)c(C(=O)N(C)C(C)CC#N)c2)cc1. The third kappa shape index (κ3) is 4.81. The number of anilines is 1. The first-order valence-corrected chi connectivity index (χ1v) is 10.1. The van der Waals surface area contributed by atoms with Crippen LogP contribution in [0, 0.1) is 18.3 Å². The van der Waals surface area contributed by atoms with Crippen molar-refractivity contribution >= 4 is 21.6 Å². The molecule has 0 saturated carbocycles. The van der Waals surface area contributed by atoms with E-state index in [1.807, 2.05) is 6.07 Å². The molecule has 0 bridgehead atoms. The predicted molar refractivity (Wildman–Crippen MR) is 107 cm³/mol. The molecule has 0 fully saturated rings. The molecule has 0 aliphatic rings. The minimum Gasteiger partial charge on any atom is -0.497 e. The number of ether oxygens (including phenoxy) is 1. The van der Waals surface area contributed by atoms with Gasteiger partial charge in [-0.25, -0.2) is 8.42 Å². The molecule has 148 valence electrons. The van der Waals surface area contributed by atoms with Gasteiger partial charge in [-0.2, -0.15) is 5.26 Å². The fourth-order valence-electron chi connectivity index (χ4n) is 2.53. The van der Waals surface area contributed by atoms with E-state index in [2.05, 4.69) is 4.72 Å². The first-order valence-electron chi connectivity index (χ1n) is 8.61. The zero-order chi connectivity index (χ0) is 20.9. The van der Waals surface area contributed by atoms with Crippen molar-refractivity contribution in [1.82, 2.24) is 4.90 Å². The summed E-state index contributed by atoms with van der Waals surface area (Å²) < 4.78 is 33.0. The van der Waals surface area contributed by atoms with Crippen LogP contribution in [0.1, 0.15) is 29.3 Å². The highest BCUT2D eigenvalue weighted by Gasteiger charge is 2.22. The van der Waals surface area contributed by atoms with Gasteiger partial charge in [0.05, 0.1) is 24.5 Å². The van der Waals surface area contributed by atoms with Gasteiger partial charge in [-0.1, -0.05) is 6.07 Å².